The summed E-state index contributed by atoms with van der Waals surface area (Å²) in [4.78, 5) is 12.7. The van der Waals surface area contributed by atoms with Crippen LogP contribution in [0.4, 0.5) is 17.1 Å². The molecule has 0 radical (unpaired) electrons. The topological polar surface area (TPSA) is 41.1 Å². The maximum Gasteiger partial charge on any atom is 0.265 e. The van der Waals surface area contributed by atoms with Crippen LogP contribution in [0.2, 0.25) is 0 Å². The summed E-state index contributed by atoms with van der Waals surface area (Å²) in [5.41, 5.74) is 2.73. The van der Waals surface area contributed by atoms with Crippen molar-refractivity contribution in [3.8, 4) is 0 Å². The molecule has 0 saturated heterocycles. The second-order valence-electron chi connectivity index (χ2n) is 4.61. The van der Waals surface area contributed by atoms with Crippen LogP contribution in [0, 0.1) is 0 Å². The van der Waals surface area contributed by atoms with Crippen molar-refractivity contribution in [1.29, 1.82) is 0 Å². The Morgan fingerprint density at radius 2 is 1.64 bits per heavy atom. The second-order valence-corrected chi connectivity index (χ2v) is 6.42. The van der Waals surface area contributed by atoms with Gasteiger partial charge in [0.2, 0.25) is 0 Å². The summed E-state index contributed by atoms with van der Waals surface area (Å²) in [6, 6.07) is 19.2. The SMILES string of the molecule is O=C(Nc1ccc(Nc2ccccc2Br)cc1)c1cccs1. The number of thiophene rings is 1. The van der Waals surface area contributed by atoms with Crippen LogP contribution < -0.4 is 10.6 Å². The molecule has 0 bridgehead atoms. The van der Waals surface area contributed by atoms with Gasteiger partial charge in [-0.3, -0.25) is 4.79 Å². The Balaban J connectivity index is 1.68. The van der Waals surface area contributed by atoms with E-state index in [2.05, 4.69) is 26.6 Å². The molecule has 0 fully saturated rings. The van der Waals surface area contributed by atoms with Crippen LogP contribution in [0.15, 0.2) is 70.5 Å². The van der Waals surface area contributed by atoms with E-state index in [1.165, 1.54) is 11.3 Å². The maximum absolute atomic E-state index is 12.0. The van der Waals surface area contributed by atoms with Crippen molar-refractivity contribution in [2.75, 3.05) is 10.6 Å². The van der Waals surface area contributed by atoms with Crippen molar-refractivity contribution < 1.29 is 4.79 Å². The van der Waals surface area contributed by atoms with E-state index in [4.69, 9.17) is 0 Å². The van der Waals surface area contributed by atoms with E-state index in [9.17, 15) is 4.79 Å². The van der Waals surface area contributed by atoms with Gasteiger partial charge in [0.15, 0.2) is 0 Å². The molecule has 0 spiro atoms. The minimum atomic E-state index is -0.0819. The number of carbonyl (C=O) groups excluding carboxylic acids is 1. The first kappa shape index (κ1) is 14.8. The van der Waals surface area contributed by atoms with Crippen LogP contribution >= 0.6 is 27.3 Å². The highest BCUT2D eigenvalue weighted by atomic mass is 79.9. The van der Waals surface area contributed by atoms with Crippen LogP contribution in [-0.4, -0.2) is 5.91 Å². The molecule has 0 aliphatic heterocycles. The largest absolute Gasteiger partial charge is 0.355 e. The Morgan fingerprint density at radius 1 is 0.909 bits per heavy atom. The van der Waals surface area contributed by atoms with Crippen molar-refractivity contribution in [3.63, 3.8) is 0 Å². The Hall–Kier alpha value is -2.11. The van der Waals surface area contributed by atoms with Gasteiger partial charge in [-0.25, -0.2) is 0 Å². The van der Waals surface area contributed by atoms with Crippen molar-refractivity contribution in [2.45, 2.75) is 0 Å². The lowest BCUT2D eigenvalue weighted by molar-refractivity contribution is 0.103. The molecule has 2 aromatic carbocycles. The zero-order valence-corrected chi connectivity index (χ0v) is 13.9. The van der Waals surface area contributed by atoms with Crippen molar-refractivity contribution in [2.24, 2.45) is 0 Å². The average Bonchev–Trinajstić information content (AvgIpc) is 3.06. The van der Waals surface area contributed by atoms with E-state index in [0.29, 0.717) is 4.88 Å². The third-order valence-electron chi connectivity index (χ3n) is 3.04. The Bertz CT molecular complexity index is 770. The molecule has 3 nitrogen and oxygen atoms in total. The van der Waals surface area contributed by atoms with E-state index < -0.39 is 0 Å². The number of amides is 1. The smallest absolute Gasteiger partial charge is 0.265 e. The molecule has 110 valence electrons. The normalized spacial score (nSPS) is 10.2. The van der Waals surface area contributed by atoms with Gasteiger partial charge >= 0.3 is 0 Å². The molecule has 1 heterocycles. The molecule has 0 aliphatic rings. The third kappa shape index (κ3) is 3.55. The number of rotatable bonds is 4. The first-order chi connectivity index (χ1) is 10.7. The summed E-state index contributed by atoms with van der Waals surface area (Å²) in [5.74, 6) is -0.0819. The number of anilines is 3. The van der Waals surface area contributed by atoms with E-state index in [1.54, 1.807) is 0 Å². The summed E-state index contributed by atoms with van der Waals surface area (Å²) in [7, 11) is 0. The lowest BCUT2D eigenvalue weighted by Gasteiger charge is -2.09. The monoisotopic (exact) mass is 372 g/mol. The highest BCUT2D eigenvalue weighted by Crippen LogP contribution is 2.26. The Kier molecular flexibility index (Phi) is 4.56. The summed E-state index contributed by atoms with van der Waals surface area (Å²) < 4.78 is 1.00. The first-order valence-corrected chi connectivity index (χ1v) is 8.36. The molecule has 0 saturated carbocycles. The van der Waals surface area contributed by atoms with Crippen molar-refractivity contribution >= 4 is 50.2 Å². The van der Waals surface area contributed by atoms with E-state index >= 15 is 0 Å². The van der Waals surface area contributed by atoms with Crippen LogP contribution in [0.25, 0.3) is 0 Å². The molecular weight excluding hydrogens is 360 g/mol. The number of halogens is 1. The molecule has 0 aliphatic carbocycles. The molecular formula is C17H13BrN2OS. The van der Waals surface area contributed by atoms with Crippen LogP contribution in [0.1, 0.15) is 9.67 Å². The molecule has 3 aromatic rings. The summed E-state index contributed by atoms with van der Waals surface area (Å²) >= 11 is 4.93. The number of carbonyl (C=O) groups is 1. The highest BCUT2D eigenvalue weighted by molar-refractivity contribution is 9.10. The quantitative estimate of drug-likeness (QED) is 0.634. The van der Waals surface area contributed by atoms with Gasteiger partial charge in [-0.05, 0) is 63.8 Å². The van der Waals surface area contributed by atoms with Gasteiger partial charge in [0.1, 0.15) is 0 Å². The molecule has 5 heteroatoms. The Labute approximate surface area is 141 Å². The minimum absolute atomic E-state index is 0.0819. The fraction of sp³-hybridized carbons (Fsp3) is 0. The zero-order chi connectivity index (χ0) is 15.4. The molecule has 0 unspecified atom stereocenters. The van der Waals surface area contributed by atoms with Gasteiger partial charge in [-0.1, -0.05) is 18.2 Å². The molecule has 22 heavy (non-hydrogen) atoms. The number of para-hydroxylation sites is 1. The fourth-order valence-corrected chi connectivity index (χ4v) is 2.96. The standard InChI is InChI=1S/C17H13BrN2OS/c18-14-4-1-2-5-15(14)19-12-7-9-13(10-8-12)20-17(21)16-6-3-11-22-16/h1-11,19H,(H,20,21). The maximum atomic E-state index is 12.0. The van der Waals surface area contributed by atoms with Gasteiger partial charge in [0, 0.05) is 15.8 Å². The van der Waals surface area contributed by atoms with E-state index in [-0.39, 0.29) is 5.91 Å². The van der Waals surface area contributed by atoms with E-state index in [1.807, 2.05) is 66.0 Å². The summed E-state index contributed by atoms with van der Waals surface area (Å²) in [6.45, 7) is 0. The summed E-state index contributed by atoms with van der Waals surface area (Å²) in [6.07, 6.45) is 0. The average molecular weight is 373 g/mol. The third-order valence-corrected chi connectivity index (χ3v) is 4.60. The van der Waals surface area contributed by atoms with Crippen LogP contribution in [0.5, 0.6) is 0 Å². The number of nitrogens with one attached hydrogen (secondary N) is 2. The number of hydrogen-bond acceptors (Lipinski definition) is 3. The van der Waals surface area contributed by atoms with Gasteiger partial charge in [0.05, 0.1) is 10.6 Å². The molecule has 3 rings (SSSR count). The summed E-state index contributed by atoms with van der Waals surface area (Å²) in [5, 5.41) is 8.09. The van der Waals surface area contributed by atoms with Crippen LogP contribution in [-0.2, 0) is 0 Å². The number of benzene rings is 2. The second kappa shape index (κ2) is 6.77. The minimum Gasteiger partial charge on any atom is -0.355 e. The van der Waals surface area contributed by atoms with Crippen LogP contribution in [0.3, 0.4) is 0 Å². The predicted octanol–water partition coefficient (Wildman–Crippen LogP) is 5.51. The molecule has 0 atom stereocenters. The van der Waals surface area contributed by atoms with E-state index in [0.717, 1.165) is 21.5 Å². The van der Waals surface area contributed by atoms with Gasteiger partial charge in [-0.2, -0.15) is 0 Å². The van der Waals surface area contributed by atoms with Gasteiger partial charge < -0.3 is 10.6 Å². The van der Waals surface area contributed by atoms with Gasteiger partial charge in [-0.15, -0.1) is 11.3 Å². The molecule has 2 N–H and O–H groups in total. The molecule has 1 amide bonds. The first-order valence-electron chi connectivity index (χ1n) is 6.69. The number of hydrogen-bond donors (Lipinski definition) is 2. The predicted molar refractivity (Wildman–Crippen MR) is 96.1 cm³/mol. The Morgan fingerprint density at radius 3 is 2.32 bits per heavy atom. The van der Waals surface area contributed by atoms with Gasteiger partial charge in [0.25, 0.3) is 5.91 Å². The fourth-order valence-electron chi connectivity index (χ4n) is 1.96. The lowest BCUT2D eigenvalue weighted by Crippen LogP contribution is -2.09. The highest BCUT2D eigenvalue weighted by Gasteiger charge is 2.06. The van der Waals surface area contributed by atoms with Crippen molar-refractivity contribution in [1.82, 2.24) is 0 Å². The molecule has 1 aromatic heterocycles. The zero-order valence-electron chi connectivity index (χ0n) is 11.5. The lowest BCUT2D eigenvalue weighted by atomic mass is 10.2. The van der Waals surface area contributed by atoms with Crippen molar-refractivity contribution in [3.05, 3.63) is 75.4 Å².